The van der Waals surface area contributed by atoms with Crippen molar-refractivity contribution in [2.45, 2.75) is 43.9 Å². The molecular formula is C19H23N5O4S. The number of rotatable bonds is 6. The first-order valence-electron chi connectivity index (χ1n) is 9.45. The van der Waals surface area contributed by atoms with E-state index in [1.165, 1.54) is 16.8 Å². The first kappa shape index (κ1) is 19.6. The molecule has 0 amide bonds. The Labute approximate surface area is 169 Å². The molecule has 2 aromatic heterocycles. The summed E-state index contributed by atoms with van der Waals surface area (Å²) < 4.78 is 40.2. The molecule has 1 unspecified atom stereocenters. The quantitative estimate of drug-likeness (QED) is 0.607. The van der Waals surface area contributed by atoms with Gasteiger partial charge in [0.15, 0.2) is 17.5 Å². The Morgan fingerprint density at radius 2 is 2.03 bits per heavy atom. The van der Waals surface area contributed by atoms with Gasteiger partial charge in [0.1, 0.15) is 5.75 Å². The topological polar surface area (TPSA) is 103 Å². The number of ether oxygens (including phenoxy) is 1. The molecular weight excluding hydrogens is 394 g/mol. The lowest BCUT2D eigenvalue weighted by atomic mass is 10.0. The summed E-state index contributed by atoms with van der Waals surface area (Å²) in [4.78, 5) is 8.41. The number of aryl methyl sites for hydroxylation is 2. The van der Waals surface area contributed by atoms with Gasteiger partial charge in [0.25, 0.3) is 15.9 Å². The molecule has 1 saturated heterocycles. The van der Waals surface area contributed by atoms with Crippen molar-refractivity contribution in [1.29, 1.82) is 0 Å². The van der Waals surface area contributed by atoms with E-state index in [0.29, 0.717) is 30.4 Å². The molecule has 0 bridgehead atoms. The van der Waals surface area contributed by atoms with Crippen LogP contribution in [0, 0.1) is 6.92 Å². The predicted molar refractivity (Wildman–Crippen MR) is 104 cm³/mol. The number of benzene rings is 1. The van der Waals surface area contributed by atoms with Crippen LogP contribution in [0.3, 0.4) is 0 Å². The normalized spacial score (nSPS) is 18.1. The summed E-state index contributed by atoms with van der Waals surface area (Å²) in [6.07, 6.45) is 5.27. The molecule has 0 aliphatic carbocycles. The highest BCUT2D eigenvalue weighted by Gasteiger charge is 2.38. The lowest BCUT2D eigenvalue weighted by Gasteiger charge is -2.31. The van der Waals surface area contributed by atoms with Crippen molar-refractivity contribution in [3.05, 3.63) is 54.1 Å². The Hall–Kier alpha value is -2.72. The van der Waals surface area contributed by atoms with Crippen molar-refractivity contribution in [3.63, 3.8) is 0 Å². The van der Waals surface area contributed by atoms with Gasteiger partial charge in [-0.3, -0.25) is 0 Å². The monoisotopic (exact) mass is 417 g/mol. The summed E-state index contributed by atoms with van der Waals surface area (Å²) in [6, 6.07) is 7.17. The fraction of sp³-hybridized carbons (Fsp3) is 0.421. The lowest BCUT2D eigenvalue weighted by molar-refractivity contribution is 0.231. The summed E-state index contributed by atoms with van der Waals surface area (Å²) >= 11 is 0. The van der Waals surface area contributed by atoms with Crippen LogP contribution < -0.4 is 4.74 Å². The van der Waals surface area contributed by atoms with Gasteiger partial charge in [-0.25, -0.2) is 13.4 Å². The van der Waals surface area contributed by atoms with Crippen molar-refractivity contribution in [1.82, 2.24) is 24.0 Å². The molecule has 0 spiro atoms. The second-order valence-corrected chi connectivity index (χ2v) is 8.99. The number of hydrogen-bond donors (Lipinski definition) is 0. The number of nitrogens with zero attached hydrogens (tertiary/aromatic N) is 5. The average molecular weight is 417 g/mol. The molecule has 0 saturated carbocycles. The highest BCUT2D eigenvalue weighted by Crippen LogP contribution is 2.33. The Morgan fingerprint density at radius 1 is 1.24 bits per heavy atom. The zero-order valence-corrected chi connectivity index (χ0v) is 17.2. The first-order chi connectivity index (χ1) is 13.9. The molecule has 10 heteroatoms. The molecule has 1 atom stereocenters. The first-order valence-corrected chi connectivity index (χ1v) is 10.9. The SMILES string of the molecule is Cc1ccc(OCc2nc(C3CCCCN3S(=O)(=O)c3cn(C)cn3)no2)cc1. The molecule has 29 heavy (non-hydrogen) atoms. The Kier molecular flexibility index (Phi) is 5.37. The standard InChI is InChI=1S/C19H23N5O4S/c1-14-6-8-15(9-7-14)27-12-17-21-19(22-28-17)16-5-3-4-10-24(16)29(25,26)18-11-23(2)13-20-18/h6-9,11,13,16H,3-5,10,12H2,1-2H3. The molecule has 3 heterocycles. The summed E-state index contributed by atoms with van der Waals surface area (Å²) in [7, 11) is -2.00. The van der Waals surface area contributed by atoms with Crippen LogP contribution in [0.2, 0.25) is 0 Å². The van der Waals surface area contributed by atoms with Crippen LogP contribution in [-0.2, 0) is 23.7 Å². The zero-order valence-electron chi connectivity index (χ0n) is 16.4. The molecule has 0 N–H and O–H groups in total. The van der Waals surface area contributed by atoms with Crippen LogP contribution in [-0.4, -0.2) is 39.0 Å². The highest BCUT2D eigenvalue weighted by atomic mass is 32.2. The van der Waals surface area contributed by atoms with Crippen molar-refractivity contribution in [2.75, 3.05) is 6.54 Å². The van der Waals surface area contributed by atoms with Gasteiger partial charge in [0.2, 0.25) is 0 Å². The summed E-state index contributed by atoms with van der Waals surface area (Å²) in [6.45, 7) is 2.52. The van der Waals surface area contributed by atoms with Crippen LogP contribution in [0.5, 0.6) is 5.75 Å². The van der Waals surface area contributed by atoms with Crippen LogP contribution >= 0.6 is 0 Å². The number of piperidine rings is 1. The predicted octanol–water partition coefficient (Wildman–Crippen LogP) is 2.61. The second kappa shape index (κ2) is 7.96. The number of aromatic nitrogens is 4. The fourth-order valence-electron chi connectivity index (χ4n) is 3.33. The molecule has 0 radical (unpaired) electrons. The summed E-state index contributed by atoms with van der Waals surface area (Å²) in [5.74, 6) is 1.36. The van der Waals surface area contributed by atoms with E-state index in [-0.39, 0.29) is 11.6 Å². The smallest absolute Gasteiger partial charge is 0.264 e. The summed E-state index contributed by atoms with van der Waals surface area (Å²) in [5, 5.41) is 4.06. The van der Waals surface area contributed by atoms with Crippen LogP contribution in [0.4, 0.5) is 0 Å². The minimum atomic E-state index is -3.74. The van der Waals surface area contributed by atoms with Gasteiger partial charge in [-0.15, -0.1) is 0 Å². The van der Waals surface area contributed by atoms with E-state index in [9.17, 15) is 8.42 Å². The van der Waals surface area contributed by atoms with Crippen molar-refractivity contribution in [2.24, 2.45) is 7.05 Å². The molecule has 154 valence electrons. The van der Waals surface area contributed by atoms with Crippen LogP contribution in [0.25, 0.3) is 0 Å². The molecule has 1 aliphatic rings. The van der Waals surface area contributed by atoms with E-state index in [4.69, 9.17) is 9.26 Å². The maximum atomic E-state index is 13.1. The molecule has 1 fully saturated rings. The molecule has 3 aromatic rings. The van der Waals surface area contributed by atoms with Gasteiger partial charge in [-0.2, -0.15) is 9.29 Å². The van der Waals surface area contributed by atoms with Crippen molar-refractivity contribution < 1.29 is 17.7 Å². The maximum Gasteiger partial charge on any atom is 0.264 e. The van der Waals surface area contributed by atoms with Gasteiger partial charge >= 0.3 is 0 Å². The van der Waals surface area contributed by atoms with E-state index in [1.807, 2.05) is 31.2 Å². The van der Waals surface area contributed by atoms with Gasteiger partial charge in [-0.05, 0) is 31.9 Å². The third-order valence-corrected chi connectivity index (χ3v) is 6.67. The van der Waals surface area contributed by atoms with Gasteiger partial charge in [-0.1, -0.05) is 29.3 Å². The van der Waals surface area contributed by atoms with E-state index < -0.39 is 16.1 Å². The Bertz CT molecular complexity index is 1070. The van der Waals surface area contributed by atoms with E-state index in [1.54, 1.807) is 11.6 Å². The number of sulfonamides is 1. The van der Waals surface area contributed by atoms with E-state index >= 15 is 0 Å². The van der Waals surface area contributed by atoms with Crippen molar-refractivity contribution in [3.8, 4) is 5.75 Å². The molecule has 1 aromatic carbocycles. The molecule has 9 nitrogen and oxygen atoms in total. The van der Waals surface area contributed by atoms with Gasteiger partial charge < -0.3 is 13.8 Å². The molecule has 4 rings (SSSR count). The van der Waals surface area contributed by atoms with Gasteiger partial charge in [0.05, 0.1) is 12.4 Å². The average Bonchev–Trinajstić information content (AvgIpc) is 3.37. The fourth-order valence-corrected chi connectivity index (χ4v) is 4.96. The second-order valence-electron chi connectivity index (χ2n) is 7.15. The summed E-state index contributed by atoms with van der Waals surface area (Å²) in [5.41, 5.74) is 1.14. The number of imidazole rings is 1. The minimum Gasteiger partial charge on any atom is -0.484 e. The molecule has 1 aliphatic heterocycles. The maximum absolute atomic E-state index is 13.1. The van der Waals surface area contributed by atoms with Gasteiger partial charge in [0, 0.05) is 19.8 Å². The van der Waals surface area contributed by atoms with E-state index in [2.05, 4.69) is 15.1 Å². The lowest BCUT2D eigenvalue weighted by Crippen LogP contribution is -2.39. The minimum absolute atomic E-state index is 0.0262. The third kappa shape index (κ3) is 4.18. The van der Waals surface area contributed by atoms with Crippen LogP contribution in [0.15, 0.2) is 46.3 Å². The van der Waals surface area contributed by atoms with Crippen molar-refractivity contribution >= 4 is 10.0 Å². The Balaban J connectivity index is 1.51. The van der Waals surface area contributed by atoms with Crippen LogP contribution in [0.1, 0.15) is 42.6 Å². The largest absolute Gasteiger partial charge is 0.484 e. The zero-order chi connectivity index (χ0) is 20.4. The third-order valence-electron chi connectivity index (χ3n) is 4.87. The number of hydrogen-bond acceptors (Lipinski definition) is 7. The van der Waals surface area contributed by atoms with E-state index in [0.717, 1.165) is 18.4 Å². The highest BCUT2D eigenvalue weighted by molar-refractivity contribution is 7.89. The Morgan fingerprint density at radius 3 is 2.76 bits per heavy atom.